The first-order valence-corrected chi connectivity index (χ1v) is 6.27. The van der Waals surface area contributed by atoms with Gasteiger partial charge in [0.2, 0.25) is 5.95 Å². The van der Waals surface area contributed by atoms with Crippen LogP contribution in [-0.2, 0) is 9.53 Å². The van der Waals surface area contributed by atoms with Gasteiger partial charge in [-0.2, -0.15) is 0 Å². The van der Waals surface area contributed by atoms with Crippen molar-refractivity contribution < 1.29 is 9.53 Å². The zero-order valence-electron chi connectivity index (χ0n) is 10.1. The highest BCUT2D eigenvalue weighted by atomic mass is 16.5. The molecule has 1 aromatic heterocycles. The summed E-state index contributed by atoms with van der Waals surface area (Å²) in [6.07, 6.45) is 5.17. The molecule has 3 rings (SSSR count). The van der Waals surface area contributed by atoms with Crippen molar-refractivity contribution in [3.63, 3.8) is 0 Å². The van der Waals surface area contributed by atoms with Crippen LogP contribution < -0.4 is 10.2 Å². The lowest BCUT2D eigenvalue weighted by molar-refractivity contribution is -0.133. The van der Waals surface area contributed by atoms with Crippen molar-refractivity contribution in [2.24, 2.45) is 0 Å². The lowest BCUT2D eigenvalue weighted by Gasteiger charge is -2.32. The molecule has 1 saturated carbocycles. The van der Waals surface area contributed by atoms with Crippen LogP contribution in [-0.4, -0.2) is 47.7 Å². The van der Waals surface area contributed by atoms with E-state index in [9.17, 15) is 4.79 Å². The zero-order valence-corrected chi connectivity index (χ0v) is 10.1. The van der Waals surface area contributed by atoms with E-state index in [4.69, 9.17) is 4.74 Å². The molecule has 1 aromatic rings. The van der Waals surface area contributed by atoms with Crippen molar-refractivity contribution in [3.05, 3.63) is 18.5 Å². The first-order valence-electron chi connectivity index (χ1n) is 6.27. The molecule has 2 fully saturated rings. The van der Waals surface area contributed by atoms with Gasteiger partial charge in [0, 0.05) is 25.0 Å². The van der Waals surface area contributed by atoms with Crippen LogP contribution in [0.1, 0.15) is 12.8 Å². The van der Waals surface area contributed by atoms with Gasteiger partial charge in [-0.15, -0.1) is 0 Å². The Morgan fingerprint density at radius 2 is 2.17 bits per heavy atom. The Balaban J connectivity index is 1.62. The molecule has 1 aliphatic carbocycles. The molecule has 1 atom stereocenters. The molecule has 1 unspecified atom stereocenters. The number of hydrogen-bond acceptors (Lipinski definition) is 5. The lowest BCUT2D eigenvalue weighted by atomic mass is 10.2. The lowest BCUT2D eigenvalue weighted by Crippen LogP contribution is -2.50. The zero-order chi connectivity index (χ0) is 12.4. The number of morpholine rings is 1. The van der Waals surface area contributed by atoms with Crippen molar-refractivity contribution in [2.45, 2.75) is 25.0 Å². The van der Waals surface area contributed by atoms with E-state index in [-0.39, 0.29) is 5.91 Å². The number of rotatable bonds is 3. The summed E-state index contributed by atoms with van der Waals surface area (Å²) in [5.74, 6) is 0.642. The molecule has 1 amide bonds. The van der Waals surface area contributed by atoms with Crippen LogP contribution in [0.25, 0.3) is 0 Å². The number of carbonyl (C=O) groups is 1. The van der Waals surface area contributed by atoms with Gasteiger partial charge in [-0.05, 0) is 18.9 Å². The second-order valence-electron chi connectivity index (χ2n) is 4.64. The third-order valence-corrected chi connectivity index (χ3v) is 3.12. The van der Waals surface area contributed by atoms with Crippen LogP contribution in [0.4, 0.5) is 5.95 Å². The fourth-order valence-corrected chi connectivity index (χ4v) is 1.97. The van der Waals surface area contributed by atoms with E-state index in [1.165, 1.54) is 0 Å². The molecule has 1 aliphatic heterocycles. The van der Waals surface area contributed by atoms with Crippen LogP contribution in [0, 0.1) is 0 Å². The van der Waals surface area contributed by atoms with E-state index in [0.717, 1.165) is 19.4 Å². The summed E-state index contributed by atoms with van der Waals surface area (Å²) >= 11 is 0. The van der Waals surface area contributed by atoms with E-state index in [1.54, 1.807) is 18.5 Å². The average Bonchev–Trinajstić information content (AvgIpc) is 3.24. The van der Waals surface area contributed by atoms with E-state index < -0.39 is 6.10 Å². The van der Waals surface area contributed by atoms with Gasteiger partial charge in [-0.1, -0.05) is 0 Å². The highest BCUT2D eigenvalue weighted by Crippen LogP contribution is 2.19. The van der Waals surface area contributed by atoms with Gasteiger partial charge < -0.3 is 15.0 Å². The fraction of sp³-hybridized carbons (Fsp3) is 0.583. The first-order chi connectivity index (χ1) is 8.83. The summed E-state index contributed by atoms with van der Waals surface area (Å²) in [7, 11) is 0. The average molecular weight is 248 g/mol. The number of anilines is 1. The minimum absolute atomic E-state index is 0.0156. The Hall–Kier alpha value is -1.69. The predicted molar refractivity (Wildman–Crippen MR) is 65.1 cm³/mol. The molecule has 2 aliphatic rings. The highest BCUT2D eigenvalue weighted by molar-refractivity contribution is 5.82. The highest BCUT2D eigenvalue weighted by Gasteiger charge is 2.31. The largest absolute Gasteiger partial charge is 0.365 e. The van der Waals surface area contributed by atoms with Crippen molar-refractivity contribution in [1.82, 2.24) is 15.3 Å². The van der Waals surface area contributed by atoms with E-state index in [0.29, 0.717) is 25.1 Å². The van der Waals surface area contributed by atoms with Crippen LogP contribution in [0.5, 0.6) is 0 Å². The summed E-state index contributed by atoms with van der Waals surface area (Å²) < 4.78 is 5.51. The molecule has 6 heteroatoms. The molecule has 0 bridgehead atoms. The SMILES string of the molecule is O=C(NC1CC1)C1CN(c2ncccn2)CCO1. The molecule has 2 heterocycles. The number of amides is 1. The minimum atomic E-state index is -0.414. The second-order valence-corrected chi connectivity index (χ2v) is 4.64. The topological polar surface area (TPSA) is 67.4 Å². The molecule has 0 spiro atoms. The van der Waals surface area contributed by atoms with Gasteiger partial charge in [0.05, 0.1) is 13.2 Å². The van der Waals surface area contributed by atoms with Gasteiger partial charge in [-0.3, -0.25) is 4.79 Å². The van der Waals surface area contributed by atoms with Crippen molar-refractivity contribution in [2.75, 3.05) is 24.6 Å². The summed E-state index contributed by atoms with van der Waals surface area (Å²) in [5, 5.41) is 2.96. The number of nitrogens with zero attached hydrogens (tertiary/aromatic N) is 3. The molecule has 96 valence electrons. The summed E-state index contributed by atoms with van der Waals surface area (Å²) in [5.41, 5.74) is 0. The summed E-state index contributed by atoms with van der Waals surface area (Å²) in [6, 6.07) is 2.14. The molecular weight excluding hydrogens is 232 g/mol. The molecule has 1 saturated heterocycles. The van der Waals surface area contributed by atoms with Gasteiger partial charge in [-0.25, -0.2) is 9.97 Å². The number of hydrogen-bond donors (Lipinski definition) is 1. The van der Waals surface area contributed by atoms with E-state index in [1.807, 2.05) is 4.90 Å². The summed E-state index contributed by atoms with van der Waals surface area (Å²) in [4.78, 5) is 22.3. The number of aromatic nitrogens is 2. The monoisotopic (exact) mass is 248 g/mol. The van der Waals surface area contributed by atoms with Gasteiger partial charge >= 0.3 is 0 Å². The maximum Gasteiger partial charge on any atom is 0.251 e. The normalized spacial score (nSPS) is 23.8. The van der Waals surface area contributed by atoms with Crippen LogP contribution in [0.15, 0.2) is 18.5 Å². The molecule has 18 heavy (non-hydrogen) atoms. The predicted octanol–water partition coefficient (Wildman–Crippen LogP) is -0.0396. The molecule has 0 radical (unpaired) electrons. The Labute approximate surface area is 105 Å². The molecule has 1 N–H and O–H groups in total. The smallest absolute Gasteiger partial charge is 0.251 e. The van der Waals surface area contributed by atoms with Crippen molar-refractivity contribution in [3.8, 4) is 0 Å². The fourth-order valence-electron chi connectivity index (χ4n) is 1.97. The van der Waals surface area contributed by atoms with Crippen LogP contribution in [0.2, 0.25) is 0 Å². The number of nitrogens with one attached hydrogen (secondary N) is 1. The van der Waals surface area contributed by atoms with Crippen LogP contribution in [0.3, 0.4) is 0 Å². The Kier molecular flexibility index (Phi) is 3.10. The van der Waals surface area contributed by atoms with E-state index in [2.05, 4.69) is 15.3 Å². The van der Waals surface area contributed by atoms with Gasteiger partial charge in [0.1, 0.15) is 0 Å². The third-order valence-electron chi connectivity index (χ3n) is 3.12. The minimum Gasteiger partial charge on any atom is -0.365 e. The molecule has 6 nitrogen and oxygen atoms in total. The maximum atomic E-state index is 11.9. The van der Waals surface area contributed by atoms with Crippen molar-refractivity contribution >= 4 is 11.9 Å². The quantitative estimate of drug-likeness (QED) is 0.813. The third kappa shape index (κ3) is 2.59. The maximum absolute atomic E-state index is 11.9. The number of carbonyl (C=O) groups excluding carboxylic acids is 1. The first kappa shape index (κ1) is 11.4. The summed E-state index contributed by atoms with van der Waals surface area (Å²) in [6.45, 7) is 1.76. The standard InChI is InChI=1S/C12H16N4O2/c17-11(15-9-2-3-9)10-8-16(6-7-18-10)12-13-4-1-5-14-12/h1,4-5,9-10H,2-3,6-8H2,(H,15,17). The van der Waals surface area contributed by atoms with Gasteiger partial charge in [0.25, 0.3) is 5.91 Å². The molecular formula is C12H16N4O2. The number of ether oxygens (including phenoxy) is 1. The second kappa shape index (κ2) is 4.89. The van der Waals surface area contributed by atoms with Crippen LogP contribution >= 0.6 is 0 Å². The van der Waals surface area contributed by atoms with Gasteiger partial charge in [0.15, 0.2) is 6.10 Å². The Morgan fingerprint density at radius 3 is 2.89 bits per heavy atom. The molecule has 0 aromatic carbocycles. The van der Waals surface area contributed by atoms with E-state index >= 15 is 0 Å². The Morgan fingerprint density at radius 1 is 1.39 bits per heavy atom. The Bertz CT molecular complexity index is 421. The van der Waals surface area contributed by atoms with Crippen molar-refractivity contribution in [1.29, 1.82) is 0 Å².